The number of aromatic nitrogens is 3. The second kappa shape index (κ2) is 5.86. The molecular formula is C15H20N4O. The zero-order valence-corrected chi connectivity index (χ0v) is 12.3. The summed E-state index contributed by atoms with van der Waals surface area (Å²) in [7, 11) is 0. The molecule has 0 unspecified atom stereocenters. The topological polar surface area (TPSA) is 59.9 Å². The highest BCUT2D eigenvalue weighted by Crippen LogP contribution is 2.25. The maximum atomic E-state index is 5.75. The van der Waals surface area contributed by atoms with Crippen molar-refractivity contribution in [3.63, 3.8) is 0 Å². The van der Waals surface area contributed by atoms with Crippen molar-refractivity contribution in [2.45, 2.75) is 33.1 Å². The zero-order valence-electron chi connectivity index (χ0n) is 12.3. The lowest BCUT2D eigenvalue weighted by molar-refractivity contribution is 0.445. The summed E-state index contributed by atoms with van der Waals surface area (Å²) in [5, 5.41) is 3.20. The first kappa shape index (κ1) is 14.2. The van der Waals surface area contributed by atoms with Gasteiger partial charge >= 0.3 is 0 Å². The van der Waals surface area contributed by atoms with Crippen molar-refractivity contribution in [3.8, 4) is 11.6 Å². The maximum Gasteiger partial charge on any atom is 0.224 e. The molecule has 106 valence electrons. The van der Waals surface area contributed by atoms with Crippen molar-refractivity contribution in [2.75, 3.05) is 11.9 Å². The van der Waals surface area contributed by atoms with E-state index in [0.29, 0.717) is 11.6 Å². The van der Waals surface area contributed by atoms with E-state index in [1.165, 1.54) is 0 Å². The SMILES string of the molecule is CCNc1cc(Oc2cccnc2)nc(C(C)(C)C)n1. The zero-order chi connectivity index (χ0) is 14.6. The van der Waals surface area contributed by atoms with Crippen LogP contribution >= 0.6 is 0 Å². The van der Waals surface area contributed by atoms with E-state index in [9.17, 15) is 0 Å². The highest BCUT2D eigenvalue weighted by molar-refractivity contribution is 5.40. The van der Waals surface area contributed by atoms with Gasteiger partial charge in [-0.25, -0.2) is 4.98 Å². The fraction of sp³-hybridized carbons (Fsp3) is 0.400. The van der Waals surface area contributed by atoms with E-state index < -0.39 is 0 Å². The molecule has 0 saturated heterocycles. The molecule has 0 aliphatic heterocycles. The number of ether oxygens (including phenoxy) is 1. The quantitative estimate of drug-likeness (QED) is 0.924. The normalized spacial score (nSPS) is 11.2. The average Bonchev–Trinajstić information content (AvgIpc) is 2.39. The molecule has 0 radical (unpaired) electrons. The van der Waals surface area contributed by atoms with Crippen molar-refractivity contribution >= 4 is 5.82 Å². The molecule has 0 aliphatic carbocycles. The molecule has 2 aromatic rings. The number of pyridine rings is 1. The van der Waals surface area contributed by atoms with Gasteiger partial charge in [0.15, 0.2) is 0 Å². The molecule has 2 aromatic heterocycles. The second-order valence-electron chi connectivity index (χ2n) is 5.49. The summed E-state index contributed by atoms with van der Waals surface area (Å²) in [6.07, 6.45) is 3.36. The maximum absolute atomic E-state index is 5.75. The summed E-state index contributed by atoms with van der Waals surface area (Å²) < 4.78 is 5.75. The van der Waals surface area contributed by atoms with Crippen molar-refractivity contribution in [1.29, 1.82) is 0 Å². The number of anilines is 1. The number of hydrogen-bond acceptors (Lipinski definition) is 5. The summed E-state index contributed by atoms with van der Waals surface area (Å²) in [5.74, 6) is 2.70. The van der Waals surface area contributed by atoms with Crippen LogP contribution in [0.2, 0.25) is 0 Å². The van der Waals surface area contributed by atoms with Gasteiger partial charge < -0.3 is 10.1 Å². The lowest BCUT2D eigenvalue weighted by atomic mass is 9.96. The van der Waals surface area contributed by atoms with Gasteiger partial charge in [0, 0.05) is 24.2 Å². The van der Waals surface area contributed by atoms with E-state index in [1.54, 1.807) is 18.5 Å². The van der Waals surface area contributed by atoms with Crippen LogP contribution in [0.15, 0.2) is 30.6 Å². The average molecular weight is 272 g/mol. The highest BCUT2D eigenvalue weighted by Gasteiger charge is 2.19. The molecule has 1 N–H and O–H groups in total. The van der Waals surface area contributed by atoms with Crippen LogP contribution in [0, 0.1) is 0 Å². The molecule has 0 bridgehead atoms. The first-order valence-corrected chi connectivity index (χ1v) is 6.70. The summed E-state index contributed by atoms with van der Waals surface area (Å²) >= 11 is 0. The van der Waals surface area contributed by atoms with Crippen LogP contribution < -0.4 is 10.1 Å². The van der Waals surface area contributed by atoms with Crippen LogP contribution in [0.4, 0.5) is 5.82 Å². The Morgan fingerprint density at radius 3 is 2.65 bits per heavy atom. The third-order valence-corrected chi connectivity index (χ3v) is 2.59. The van der Waals surface area contributed by atoms with Crippen molar-refractivity contribution in [3.05, 3.63) is 36.4 Å². The first-order valence-electron chi connectivity index (χ1n) is 6.70. The molecule has 0 spiro atoms. The molecule has 2 rings (SSSR count). The summed E-state index contributed by atoms with van der Waals surface area (Å²) in [5.41, 5.74) is -0.140. The van der Waals surface area contributed by atoms with Gasteiger partial charge in [-0.1, -0.05) is 20.8 Å². The minimum absolute atomic E-state index is 0.140. The molecular weight excluding hydrogens is 252 g/mol. The molecule has 0 aliphatic rings. The van der Waals surface area contributed by atoms with Gasteiger partial charge in [-0.2, -0.15) is 4.98 Å². The number of nitrogens with one attached hydrogen (secondary N) is 1. The van der Waals surface area contributed by atoms with Gasteiger partial charge in [-0.3, -0.25) is 4.98 Å². The third-order valence-electron chi connectivity index (χ3n) is 2.59. The Hall–Kier alpha value is -2.17. The molecule has 0 amide bonds. The fourth-order valence-electron chi connectivity index (χ4n) is 1.61. The number of rotatable bonds is 4. The number of hydrogen-bond donors (Lipinski definition) is 1. The Balaban J connectivity index is 2.34. The van der Waals surface area contributed by atoms with Gasteiger partial charge in [0.05, 0.1) is 6.20 Å². The lowest BCUT2D eigenvalue weighted by Crippen LogP contribution is -2.17. The minimum atomic E-state index is -0.140. The number of nitrogens with zero attached hydrogens (tertiary/aromatic N) is 3. The Morgan fingerprint density at radius 2 is 2.05 bits per heavy atom. The van der Waals surface area contributed by atoms with Crippen LogP contribution in [-0.2, 0) is 5.41 Å². The molecule has 0 saturated carbocycles. The van der Waals surface area contributed by atoms with Crippen LogP contribution in [0.1, 0.15) is 33.5 Å². The predicted molar refractivity (Wildman–Crippen MR) is 79.2 cm³/mol. The summed E-state index contributed by atoms with van der Waals surface area (Å²) in [6.45, 7) is 9.05. The first-order chi connectivity index (χ1) is 9.49. The van der Waals surface area contributed by atoms with E-state index in [1.807, 2.05) is 19.1 Å². The standard InChI is InChI=1S/C15H20N4O/c1-5-17-12-9-13(19-14(18-12)15(2,3)4)20-11-7-6-8-16-10-11/h6-10H,5H2,1-4H3,(H,17,18,19). The van der Waals surface area contributed by atoms with E-state index in [0.717, 1.165) is 18.2 Å². The van der Waals surface area contributed by atoms with E-state index >= 15 is 0 Å². The highest BCUT2D eigenvalue weighted by atomic mass is 16.5. The molecule has 2 heterocycles. The van der Waals surface area contributed by atoms with Gasteiger partial charge in [0.25, 0.3) is 0 Å². The lowest BCUT2D eigenvalue weighted by Gasteiger charge is -2.18. The molecule has 5 nitrogen and oxygen atoms in total. The van der Waals surface area contributed by atoms with Crippen molar-refractivity contribution in [1.82, 2.24) is 15.0 Å². The van der Waals surface area contributed by atoms with Crippen LogP contribution in [-0.4, -0.2) is 21.5 Å². The Morgan fingerprint density at radius 1 is 1.25 bits per heavy atom. The van der Waals surface area contributed by atoms with Crippen LogP contribution in [0.25, 0.3) is 0 Å². The van der Waals surface area contributed by atoms with Gasteiger partial charge in [0.2, 0.25) is 5.88 Å². The van der Waals surface area contributed by atoms with Crippen LogP contribution in [0.3, 0.4) is 0 Å². The molecule has 0 atom stereocenters. The second-order valence-corrected chi connectivity index (χ2v) is 5.49. The predicted octanol–water partition coefficient (Wildman–Crippen LogP) is 3.39. The van der Waals surface area contributed by atoms with E-state index in [2.05, 4.69) is 41.0 Å². The fourth-order valence-corrected chi connectivity index (χ4v) is 1.61. The van der Waals surface area contributed by atoms with Gasteiger partial charge in [-0.15, -0.1) is 0 Å². The molecule has 0 aromatic carbocycles. The van der Waals surface area contributed by atoms with Gasteiger partial charge in [-0.05, 0) is 19.1 Å². The van der Waals surface area contributed by atoms with E-state index in [4.69, 9.17) is 4.74 Å². The smallest absolute Gasteiger partial charge is 0.224 e. The van der Waals surface area contributed by atoms with Crippen molar-refractivity contribution < 1.29 is 4.74 Å². The Bertz CT molecular complexity index is 564. The largest absolute Gasteiger partial charge is 0.437 e. The monoisotopic (exact) mass is 272 g/mol. The third kappa shape index (κ3) is 3.66. The van der Waals surface area contributed by atoms with Crippen molar-refractivity contribution in [2.24, 2.45) is 0 Å². The molecule has 5 heteroatoms. The van der Waals surface area contributed by atoms with Crippen LogP contribution in [0.5, 0.6) is 11.6 Å². The molecule has 0 fully saturated rings. The summed E-state index contributed by atoms with van der Waals surface area (Å²) in [4.78, 5) is 13.0. The molecule has 20 heavy (non-hydrogen) atoms. The van der Waals surface area contributed by atoms with E-state index in [-0.39, 0.29) is 5.41 Å². The van der Waals surface area contributed by atoms with Gasteiger partial charge in [0.1, 0.15) is 17.4 Å². The Labute approximate surface area is 119 Å². The Kier molecular flexibility index (Phi) is 4.17. The summed E-state index contributed by atoms with van der Waals surface area (Å²) in [6, 6.07) is 5.47. The minimum Gasteiger partial charge on any atom is -0.437 e.